The summed E-state index contributed by atoms with van der Waals surface area (Å²) < 4.78 is 5.04. The van der Waals surface area contributed by atoms with E-state index in [9.17, 15) is 14.4 Å². The van der Waals surface area contributed by atoms with Crippen molar-refractivity contribution in [2.24, 2.45) is 5.92 Å². The third-order valence-electron chi connectivity index (χ3n) is 6.32. The molecule has 1 aromatic heterocycles. The number of hydrogen-bond acceptors (Lipinski definition) is 7. The fourth-order valence-electron chi connectivity index (χ4n) is 4.52. The Kier molecular flexibility index (Phi) is 5.09. The van der Waals surface area contributed by atoms with Crippen molar-refractivity contribution in [3.8, 4) is 0 Å². The van der Waals surface area contributed by atoms with Gasteiger partial charge in [-0.1, -0.05) is 11.3 Å². The molecule has 1 spiro atoms. The summed E-state index contributed by atoms with van der Waals surface area (Å²) in [4.78, 5) is 42.6. The first-order valence-electron chi connectivity index (χ1n) is 9.61. The monoisotopic (exact) mass is 407 g/mol. The Morgan fingerprint density at radius 2 is 1.96 bits per heavy atom. The summed E-state index contributed by atoms with van der Waals surface area (Å²) in [6, 6.07) is 0. The van der Waals surface area contributed by atoms with Crippen molar-refractivity contribution in [3.05, 3.63) is 5.01 Å². The average molecular weight is 407 g/mol. The van der Waals surface area contributed by atoms with E-state index >= 15 is 0 Å². The van der Waals surface area contributed by atoms with Gasteiger partial charge in [-0.25, -0.2) is 0 Å². The highest BCUT2D eigenvalue weighted by Gasteiger charge is 2.47. The Bertz CT molecular complexity index is 789. The van der Waals surface area contributed by atoms with Crippen LogP contribution in [-0.2, 0) is 25.7 Å². The quantitative estimate of drug-likeness (QED) is 0.727. The van der Waals surface area contributed by atoms with Crippen LogP contribution in [0.15, 0.2) is 0 Å². The van der Waals surface area contributed by atoms with Crippen LogP contribution in [0, 0.1) is 5.92 Å². The molecule has 10 heteroatoms. The summed E-state index contributed by atoms with van der Waals surface area (Å²) in [6.07, 6.45) is 3.30. The Morgan fingerprint density at radius 3 is 2.61 bits per heavy atom. The maximum absolute atomic E-state index is 13.0. The number of amides is 3. The minimum Gasteiger partial charge on any atom is -0.377 e. The second kappa shape index (κ2) is 7.40. The number of methoxy groups -OCH3 is 1. The topological polar surface area (TPSA) is 95.9 Å². The van der Waals surface area contributed by atoms with Gasteiger partial charge < -0.3 is 14.5 Å². The van der Waals surface area contributed by atoms with Gasteiger partial charge in [0.25, 0.3) is 0 Å². The zero-order valence-electron chi connectivity index (χ0n) is 16.2. The molecule has 3 aliphatic heterocycles. The number of carbonyl (C=O) groups excluding carboxylic acids is 3. The molecule has 9 nitrogen and oxygen atoms in total. The van der Waals surface area contributed by atoms with Crippen LogP contribution in [0.4, 0.5) is 5.13 Å². The predicted octanol–water partition coefficient (Wildman–Crippen LogP) is 0.651. The average Bonchev–Trinajstić information content (AvgIpc) is 3.38. The Hall–Kier alpha value is -2.07. The summed E-state index contributed by atoms with van der Waals surface area (Å²) >= 11 is 1.32. The van der Waals surface area contributed by atoms with Crippen LogP contribution >= 0.6 is 11.3 Å². The molecule has 3 saturated heterocycles. The van der Waals surface area contributed by atoms with E-state index in [4.69, 9.17) is 4.74 Å². The van der Waals surface area contributed by atoms with E-state index in [0.29, 0.717) is 42.8 Å². The summed E-state index contributed by atoms with van der Waals surface area (Å²) in [5.74, 6) is -0.214. The number of likely N-dealkylation sites (tertiary alicyclic amines) is 2. The molecule has 4 rings (SSSR count). The van der Waals surface area contributed by atoms with E-state index in [1.165, 1.54) is 11.3 Å². The van der Waals surface area contributed by atoms with Crippen molar-refractivity contribution in [1.82, 2.24) is 20.0 Å². The maximum atomic E-state index is 13.0. The van der Waals surface area contributed by atoms with E-state index in [1.807, 2.05) is 16.8 Å². The van der Waals surface area contributed by atoms with Crippen LogP contribution < -0.4 is 4.90 Å². The molecule has 0 aliphatic carbocycles. The predicted molar refractivity (Wildman–Crippen MR) is 102 cm³/mol. The van der Waals surface area contributed by atoms with Crippen LogP contribution in [0.25, 0.3) is 0 Å². The van der Waals surface area contributed by atoms with Crippen LogP contribution in [0.2, 0.25) is 0 Å². The van der Waals surface area contributed by atoms with E-state index in [2.05, 4.69) is 10.2 Å². The second-order valence-corrected chi connectivity index (χ2v) is 8.86. The first-order chi connectivity index (χ1) is 13.4. The summed E-state index contributed by atoms with van der Waals surface area (Å²) in [5.41, 5.74) is -0.0876. The number of carbonyl (C=O) groups is 3. The highest BCUT2D eigenvalue weighted by molar-refractivity contribution is 7.15. The summed E-state index contributed by atoms with van der Waals surface area (Å²) in [5, 5.41) is 9.32. The van der Waals surface area contributed by atoms with E-state index < -0.39 is 0 Å². The lowest BCUT2D eigenvalue weighted by Gasteiger charge is -2.44. The van der Waals surface area contributed by atoms with Gasteiger partial charge >= 0.3 is 0 Å². The fraction of sp³-hybridized carbons (Fsp3) is 0.722. The highest BCUT2D eigenvalue weighted by atomic mass is 32.1. The minimum absolute atomic E-state index is 0.0271. The molecular weight excluding hydrogens is 382 g/mol. The molecule has 3 amide bonds. The van der Waals surface area contributed by atoms with Gasteiger partial charge in [-0.2, -0.15) is 0 Å². The molecule has 0 aromatic carbocycles. The molecule has 1 aromatic rings. The lowest BCUT2D eigenvalue weighted by molar-refractivity contribution is -0.139. The Balaban J connectivity index is 1.37. The van der Waals surface area contributed by atoms with Crippen LogP contribution in [0.3, 0.4) is 0 Å². The molecule has 0 saturated carbocycles. The van der Waals surface area contributed by atoms with E-state index in [1.54, 1.807) is 12.0 Å². The van der Waals surface area contributed by atoms with Crippen LogP contribution in [0.5, 0.6) is 0 Å². The molecule has 0 radical (unpaired) electrons. The first-order valence-corrected chi connectivity index (χ1v) is 10.4. The van der Waals surface area contributed by atoms with Crippen molar-refractivity contribution < 1.29 is 19.1 Å². The Morgan fingerprint density at radius 1 is 1.21 bits per heavy atom. The van der Waals surface area contributed by atoms with Crippen LogP contribution in [0.1, 0.15) is 37.1 Å². The number of rotatable bonds is 4. The van der Waals surface area contributed by atoms with Crippen molar-refractivity contribution in [2.75, 3.05) is 38.7 Å². The molecule has 3 aliphatic rings. The number of piperidine rings is 1. The molecule has 1 unspecified atom stereocenters. The fourth-order valence-corrected chi connectivity index (χ4v) is 5.36. The zero-order chi connectivity index (χ0) is 19.9. The van der Waals surface area contributed by atoms with Gasteiger partial charge in [0.15, 0.2) is 0 Å². The number of ether oxygens (including phenoxy) is 1. The molecule has 4 heterocycles. The molecule has 3 fully saturated rings. The second-order valence-electron chi connectivity index (χ2n) is 7.82. The normalized spacial score (nSPS) is 24.6. The molecule has 0 N–H and O–H groups in total. The Labute approximate surface area is 167 Å². The highest BCUT2D eigenvalue weighted by Crippen LogP contribution is 2.38. The number of hydrogen-bond donors (Lipinski definition) is 0. The van der Waals surface area contributed by atoms with Crippen molar-refractivity contribution in [3.63, 3.8) is 0 Å². The standard InChI is InChI=1S/C18H25N5O4S/c1-21-14(24)3-4-18(21)5-7-22(8-6-18)16(26)12-9-15(25)23(10-12)17-20-19-13(28-17)11-27-2/h12H,3-11H2,1-2H3. The molecular formula is C18H25N5O4S. The number of anilines is 1. The minimum atomic E-state index is -0.348. The maximum Gasteiger partial charge on any atom is 0.229 e. The summed E-state index contributed by atoms with van der Waals surface area (Å²) in [7, 11) is 3.46. The van der Waals surface area contributed by atoms with Gasteiger partial charge in [0.05, 0.1) is 5.92 Å². The van der Waals surface area contributed by atoms with Crippen molar-refractivity contribution in [1.29, 1.82) is 0 Å². The smallest absolute Gasteiger partial charge is 0.229 e. The largest absolute Gasteiger partial charge is 0.377 e. The number of nitrogens with zero attached hydrogens (tertiary/aromatic N) is 5. The SMILES string of the molecule is COCc1nnc(N2CC(C(=O)N3CCC4(CCC(=O)N4C)CC3)CC2=O)s1. The van der Waals surface area contributed by atoms with Crippen molar-refractivity contribution in [2.45, 2.75) is 44.2 Å². The molecule has 1 atom stereocenters. The lowest BCUT2D eigenvalue weighted by atomic mass is 9.85. The third-order valence-corrected chi connectivity index (χ3v) is 7.24. The lowest BCUT2D eigenvalue weighted by Crippen LogP contribution is -2.53. The van der Waals surface area contributed by atoms with Crippen molar-refractivity contribution >= 4 is 34.2 Å². The summed E-state index contributed by atoms with van der Waals surface area (Å²) in [6.45, 7) is 1.98. The third kappa shape index (κ3) is 3.28. The first kappa shape index (κ1) is 19.3. The zero-order valence-corrected chi connectivity index (χ0v) is 17.0. The van der Waals surface area contributed by atoms with Gasteiger partial charge in [0.2, 0.25) is 22.9 Å². The van der Waals surface area contributed by atoms with E-state index in [-0.39, 0.29) is 35.6 Å². The molecule has 28 heavy (non-hydrogen) atoms. The molecule has 152 valence electrons. The van der Waals surface area contributed by atoms with Gasteiger partial charge in [0, 0.05) is 52.2 Å². The van der Waals surface area contributed by atoms with Gasteiger partial charge in [0.1, 0.15) is 11.6 Å². The number of aromatic nitrogens is 2. The van der Waals surface area contributed by atoms with Crippen LogP contribution in [-0.4, -0.2) is 77.0 Å². The van der Waals surface area contributed by atoms with Gasteiger partial charge in [-0.3, -0.25) is 19.3 Å². The van der Waals surface area contributed by atoms with Gasteiger partial charge in [-0.15, -0.1) is 10.2 Å². The molecule has 0 bridgehead atoms. The van der Waals surface area contributed by atoms with E-state index in [0.717, 1.165) is 19.3 Å². The van der Waals surface area contributed by atoms with Gasteiger partial charge in [-0.05, 0) is 19.3 Å².